The minimum absolute atomic E-state index is 0.0302. The number of hydrogen-bond donors (Lipinski definition) is 1. The molecule has 1 N–H and O–H groups in total. The van der Waals surface area contributed by atoms with E-state index < -0.39 is 23.1 Å². The third-order valence-corrected chi connectivity index (χ3v) is 3.60. The maximum Gasteiger partial charge on any atom is 0.416 e. The van der Waals surface area contributed by atoms with Crippen LogP contribution in [0.25, 0.3) is 0 Å². The fourth-order valence-corrected chi connectivity index (χ4v) is 2.20. The minimum Gasteiger partial charge on any atom is -0.481 e. The predicted octanol–water partition coefficient (Wildman–Crippen LogP) is 3.77. The number of carbonyl (C=O) groups is 1. The SMILES string of the molecule is O=C(O)C1(Cc2c(Cl)cccc2C(F)(F)F)CC1. The van der Waals surface area contributed by atoms with Gasteiger partial charge in [-0.25, -0.2) is 0 Å². The van der Waals surface area contributed by atoms with E-state index >= 15 is 0 Å². The number of alkyl halides is 3. The largest absolute Gasteiger partial charge is 0.481 e. The topological polar surface area (TPSA) is 37.3 Å². The molecule has 0 saturated heterocycles. The maximum absolute atomic E-state index is 12.8. The van der Waals surface area contributed by atoms with Gasteiger partial charge in [-0.15, -0.1) is 0 Å². The molecule has 0 bridgehead atoms. The molecular weight excluding hydrogens is 269 g/mol. The first-order valence-electron chi connectivity index (χ1n) is 5.34. The summed E-state index contributed by atoms with van der Waals surface area (Å²) in [6.45, 7) is 0. The van der Waals surface area contributed by atoms with E-state index in [1.165, 1.54) is 12.1 Å². The normalized spacial score (nSPS) is 17.6. The Kier molecular flexibility index (Phi) is 3.05. The molecule has 0 amide bonds. The second-order valence-electron chi connectivity index (χ2n) is 4.53. The number of carboxylic acids is 1. The summed E-state index contributed by atoms with van der Waals surface area (Å²) in [5.74, 6) is -1.06. The van der Waals surface area contributed by atoms with Gasteiger partial charge in [0.2, 0.25) is 0 Å². The molecule has 2 nitrogen and oxygen atoms in total. The average molecular weight is 279 g/mol. The molecule has 0 radical (unpaired) electrons. The number of halogens is 4. The zero-order valence-corrected chi connectivity index (χ0v) is 9.98. The van der Waals surface area contributed by atoms with Crippen LogP contribution in [0.5, 0.6) is 0 Å². The number of aliphatic carboxylic acids is 1. The van der Waals surface area contributed by atoms with E-state index in [0.717, 1.165) is 6.07 Å². The first kappa shape index (κ1) is 13.2. The zero-order chi connectivity index (χ0) is 13.6. The van der Waals surface area contributed by atoms with Crippen LogP contribution < -0.4 is 0 Å². The van der Waals surface area contributed by atoms with Crippen molar-refractivity contribution >= 4 is 17.6 Å². The van der Waals surface area contributed by atoms with E-state index in [1.807, 2.05) is 0 Å². The van der Waals surface area contributed by atoms with Gasteiger partial charge in [0, 0.05) is 5.02 Å². The van der Waals surface area contributed by atoms with Crippen molar-refractivity contribution in [3.63, 3.8) is 0 Å². The summed E-state index contributed by atoms with van der Waals surface area (Å²) in [7, 11) is 0. The average Bonchev–Trinajstić information content (AvgIpc) is 3.00. The van der Waals surface area contributed by atoms with Crippen LogP contribution >= 0.6 is 11.6 Å². The van der Waals surface area contributed by atoms with Crippen molar-refractivity contribution in [2.45, 2.75) is 25.4 Å². The molecule has 98 valence electrons. The molecule has 0 aromatic heterocycles. The lowest BCUT2D eigenvalue weighted by Crippen LogP contribution is -2.20. The quantitative estimate of drug-likeness (QED) is 0.914. The Hall–Kier alpha value is -1.23. The highest BCUT2D eigenvalue weighted by Gasteiger charge is 2.51. The lowest BCUT2D eigenvalue weighted by atomic mass is 9.93. The van der Waals surface area contributed by atoms with Crippen molar-refractivity contribution in [1.82, 2.24) is 0 Å². The monoisotopic (exact) mass is 278 g/mol. The summed E-state index contributed by atoms with van der Waals surface area (Å²) in [4.78, 5) is 11.0. The van der Waals surface area contributed by atoms with Crippen molar-refractivity contribution in [3.05, 3.63) is 34.3 Å². The second kappa shape index (κ2) is 4.16. The smallest absolute Gasteiger partial charge is 0.416 e. The van der Waals surface area contributed by atoms with Crippen molar-refractivity contribution in [3.8, 4) is 0 Å². The summed E-state index contributed by atoms with van der Waals surface area (Å²) < 4.78 is 38.5. The van der Waals surface area contributed by atoms with Crippen LogP contribution in [0.1, 0.15) is 24.0 Å². The number of carboxylic acid groups (broad SMARTS) is 1. The van der Waals surface area contributed by atoms with Gasteiger partial charge >= 0.3 is 12.1 Å². The lowest BCUT2D eigenvalue weighted by molar-refractivity contribution is -0.144. The summed E-state index contributed by atoms with van der Waals surface area (Å²) in [6, 6.07) is 3.50. The van der Waals surface area contributed by atoms with E-state index in [4.69, 9.17) is 16.7 Å². The molecule has 18 heavy (non-hydrogen) atoms. The van der Waals surface area contributed by atoms with Gasteiger partial charge in [-0.2, -0.15) is 13.2 Å². The molecule has 0 spiro atoms. The molecule has 1 aromatic rings. The first-order chi connectivity index (χ1) is 8.26. The summed E-state index contributed by atoms with van der Waals surface area (Å²) in [5, 5.41) is 9.00. The Morgan fingerprint density at radius 2 is 2.00 bits per heavy atom. The van der Waals surface area contributed by atoms with Crippen molar-refractivity contribution in [1.29, 1.82) is 0 Å². The first-order valence-corrected chi connectivity index (χ1v) is 5.72. The van der Waals surface area contributed by atoms with Crippen LogP contribution in [0, 0.1) is 5.41 Å². The van der Waals surface area contributed by atoms with Gasteiger partial charge in [-0.3, -0.25) is 4.79 Å². The summed E-state index contributed by atoms with van der Waals surface area (Å²) in [6.07, 6.45) is -3.90. The summed E-state index contributed by atoms with van der Waals surface area (Å²) >= 11 is 5.78. The highest BCUT2D eigenvalue weighted by Crippen LogP contribution is 2.51. The van der Waals surface area contributed by atoms with Crippen LogP contribution in [0.4, 0.5) is 13.2 Å². The second-order valence-corrected chi connectivity index (χ2v) is 4.93. The Balaban J connectivity index is 2.41. The zero-order valence-electron chi connectivity index (χ0n) is 9.22. The van der Waals surface area contributed by atoms with Crippen LogP contribution in [0.15, 0.2) is 18.2 Å². The standard InChI is InChI=1S/C12H10ClF3O2/c13-9-3-1-2-8(12(14,15)16)7(9)6-11(4-5-11)10(17)18/h1-3H,4-6H2,(H,17,18). The fourth-order valence-electron chi connectivity index (χ4n) is 1.96. The molecule has 0 unspecified atom stereocenters. The van der Waals surface area contributed by atoms with Crippen LogP contribution in [-0.4, -0.2) is 11.1 Å². The Bertz CT molecular complexity index is 493. The molecule has 0 aliphatic heterocycles. The van der Waals surface area contributed by atoms with Gasteiger partial charge in [0.25, 0.3) is 0 Å². The van der Waals surface area contributed by atoms with Gasteiger partial charge in [0.15, 0.2) is 0 Å². The van der Waals surface area contributed by atoms with Gasteiger partial charge in [0.05, 0.1) is 11.0 Å². The van der Waals surface area contributed by atoms with Crippen molar-refractivity contribution < 1.29 is 23.1 Å². The maximum atomic E-state index is 12.8. The molecule has 1 aromatic carbocycles. The molecular formula is C12H10ClF3O2. The third kappa shape index (κ3) is 2.32. The fraction of sp³-hybridized carbons (Fsp3) is 0.417. The molecule has 0 atom stereocenters. The van der Waals surface area contributed by atoms with E-state index in [-0.39, 0.29) is 17.0 Å². The number of benzene rings is 1. The highest BCUT2D eigenvalue weighted by atomic mass is 35.5. The predicted molar refractivity (Wildman–Crippen MR) is 59.5 cm³/mol. The van der Waals surface area contributed by atoms with Crippen molar-refractivity contribution in [2.24, 2.45) is 5.41 Å². The number of hydrogen-bond acceptors (Lipinski definition) is 1. The Morgan fingerprint density at radius 3 is 2.44 bits per heavy atom. The molecule has 1 aliphatic carbocycles. The molecule has 1 saturated carbocycles. The Labute approximate surface area is 106 Å². The van der Waals surface area contributed by atoms with Crippen molar-refractivity contribution in [2.75, 3.05) is 0 Å². The molecule has 1 fully saturated rings. The van der Waals surface area contributed by atoms with Crippen LogP contribution in [0.2, 0.25) is 5.02 Å². The Morgan fingerprint density at radius 1 is 1.39 bits per heavy atom. The van der Waals surface area contributed by atoms with Gasteiger partial charge in [-0.1, -0.05) is 17.7 Å². The van der Waals surface area contributed by atoms with E-state index in [2.05, 4.69) is 0 Å². The molecule has 1 aliphatic rings. The van der Waals surface area contributed by atoms with Gasteiger partial charge in [0.1, 0.15) is 0 Å². The van der Waals surface area contributed by atoms with Crippen LogP contribution in [0.3, 0.4) is 0 Å². The number of rotatable bonds is 3. The third-order valence-electron chi connectivity index (χ3n) is 3.25. The molecule has 6 heteroatoms. The van der Waals surface area contributed by atoms with Gasteiger partial charge < -0.3 is 5.11 Å². The van der Waals surface area contributed by atoms with Gasteiger partial charge in [-0.05, 0) is 37.0 Å². The highest BCUT2D eigenvalue weighted by molar-refractivity contribution is 6.31. The minimum atomic E-state index is -4.52. The van der Waals surface area contributed by atoms with E-state index in [0.29, 0.717) is 12.8 Å². The van der Waals surface area contributed by atoms with Crippen LogP contribution in [-0.2, 0) is 17.4 Å². The summed E-state index contributed by atoms with van der Waals surface area (Å²) in [5.41, 5.74) is -2.03. The lowest BCUT2D eigenvalue weighted by Gasteiger charge is -2.17. The van der Waals surface area contributed by atoms with E-state index in [1.54, 1.807) is 0 Å². The molecule has 0 heterocycles. The van der Waals surface area contributed by atoms with E-state index in [9.17, 15) is 18.0 Å². The molecule has 2 rings (SSSR count).